The molecule has 0 radical (unpaired) electrons. The molecule has 32 heavy (non-hydrogen) atoms. The first-order valence-corrected chi connectivity index (χ1v) is 9.83. The van der Waals surface area contributed by atoms with Crippen molar-refractivity contribution in [3.05, 3.63) is 100 Å². The molecular formula is C24H19FN4O3. The molecule has 0 bridgehead atoms. The van der Waals surface area contributed by atoms with Crippen molar-refractivity contribution in [1.82, 2.24) is 9.55 Å². The lowest BCUT2D eigenvalue weighted by Crippen LogP contribution is -2.27. The Balaban J connectivity index is 1.70. The van der Waals surface area contributed by atoms with Crippen molar-refractivity contribution in [2.24, 2.45) is 0 Å². The largest absolute Gasteiger partial charge is 0.325 e. The maximum atomic E-state index is 13.1. The van der Waals surface area contributed by atoms with Crippen LogP contribution >= 0.6 is 0 Å². The molecule has 4 aromatic rings. The first-order chi connectivity index (χ1) is 15.4. The number of nitrogens with one attached hydrogen (secondary N) is 2. The zero-order valence-corrected chi connectivity index (χ0v) is 17.1. The fraction of sp³-hybridized carbons (Fsp3) is 0.0833. The van der Waals surface area contributed by atoms with Crippen molar-refractivity contribution in [2.75, 3.05) is 10.6 Å². The summed E-state index contributed by atoms with van der Waals surface area (Å²) in [7, 11) is 0. The van der Waals surface area contributed by atoms with E-state index in [9.17, 15) is 18.8 Å². The summed E-state index contributed by atoms with van der Waals surface area (Å²) < 4.78 is 14.6. The van der Waals surface area contributed by atoms with E-state index >= 15 is 0 Å². The highest BCUT2D eigenvalue weighted by Gasteiger charge is 2.18. The predicted octanol–water partition coefficient (Wildman–Crippen LogP) is 3.74. The molecule has 2 N–H and O–H groups in total. The van der Waals surface area contributed by atoms with Gasteiger partial charge in [-0.3, -0.25) is 14.4 Å². The number of hydrogen-bond donors (Lipinski definition) is 2. The Morgan fingerprint density at radius 3 is 2.34 bits per heavy atom. The zero-order chi connectivity index (χ0) is 22.7. The van der Waals surface area contributed by atoms with E-state index < -0.39 is 17.2 Å². The van der Waals surface area contributed by atoms with Gasteiger partial charge in [0.05, 0.1) is 5.39 Å². The van der Waals surface area contributed by atoms with Gasteiger partial charge in [-0.1, -0.05) is 18.2 Å². The van der Waals surface area contributed by atoms with Crippen molar-refractivity contribution in [3.63, 3.8) is 0 Å². The summed E-state index contributed by atoms with van der Waals surface area (Å²) in [6, 6.07) is 17.4. The van der Waals surface area contributed by atoms with Crippen LogP contribution in [0.1, 0.15) is 16.1 Å². The van der Waals surface area contributed by atoms with Crippen LogP contribution in [-0.2, 0) is 11.3 Å². The minimum Gasteiger partial charge on any atom is -0.325 e. The van der Waals surface area contributed by atoms with Crippen LogP contribution < -0.4 is 16.1 Å². The van der Waals surface area contributed by atoms with Gasteiger partial charge in [0.15, 0.2) is 0 Å². The van der Waals surface area contributed by atoms with Crippen molar-refractivity contribution >= 4 is 34.2 Å². The molecule has 0 aliphatic heterocycles. The minimum absolute atomic E-state index is 0.153. The van der Waals surface area contributed by atoms with E-state index in [-0.39, 0.29) is 23.4 Å². The maximum Gasteiger partial charge on any atom is 0.261 e. The summed E-state index contributed by atoms with van der Waals surface area (Å²) in [5, 5.41) is 5.58. The fourth-order valence-electron chi connectivity index (χ4n) is 3.25. The Morgan fingerprint density at radius 2 is 1.62 bits per heavy atom. The molecule has 2 amide bonds. The molecule has 0 fully saturated rings. The van der Waals surface area contributed by atoms with E-state index in [4.69, 9.17) is 0 Å². The van der Waals surface area contributed by atoms with Gasteiger partial charge in [0, 0.05) is 23.3 Å². The lowest BCUT2D eigenvalue weighted by molar-refractivity contribution is -0.116. The third-order valence-electron chi connectivity index (χ3n) is 4.78. The van der Waals surface area contributed by atoms with Crippen LogP contribution in [0.5, 0.6) is 0 Å². The number of hydrogen-bond acceptors (Lipinski definition) is 4. The summed E-state index contributed by atoms with van der Waals surface area (Å²) in [6.07, 6.45) is 1.32. The number of carbonyl (C=O) groups is 2. The SMILES string of the molecule is Cc1ccc2c(=O)c(C(=O)Nc3ccc(F)cc3)cn(CC(=O)Nc3ccccc3)c2n1. The number of rotatable bonds is 5. The van der Waals surface area contributed by atoms with Crippen molar-refractivity contribution in [3.8, 4) is 0 Å². The van der Waals surface area contributed by atoms with Gasteiger partial charge in [-0.25, -0.2) is 9.37 Å². The van der Waals surface area contributed by atoms with Crippen LogP contribution in [0.15, 0.2) is 77.7 Å². The first kappa shape index (κ1) is 20.9. The number of fused-ring (bicyclic) bond motifs is 1. The van der Waals surface area contributed by atoms with Crippen LogP contribution in [0.3, 0.4) is 0 Å². The number of para-hydroxylation sites is 1. The summed E-state index contributed by atoms with van der Waals surface area (Å²) in [5.41, 5.74) is 1.27. The Bertz CT molecular complexity index is 1370. The van der Waals surface area contributed by atoms with E-state index in [0.29, 0.717) is 22.7 Å². The molecule has 160 valence electrons. The average Bonchev–Trinajstić information content (AvgIpc) is 2.77. The van der Waals surface area contributed by atoms with Gasteiger partial charge < -0.3 is 15.2 Å². The molecule has 0 atom stereocenters. The minimum atomic E-state index is -0.665. The highest BCUT2D eigenvalue weighted by atomic mass is 19.1. The molecule has 4 rings (SSSR count). The van der Waals surface area contributed by atoms with Gasteiger partial charge in [-0.15, -0.1) is 0 Å². The standard InChI is InChI=1S/C24H19FN4O3/c1-15-7-12-19-22(31)20(24(32)28-18-10-8-16(25)9-11-18)13-29(23(19)26-15)14-21(30)27-17-5-3-2-4-6-17/h2-13H,14H2,1H3,(H,27,30)(H,28,32). The van der Waals surface area contributed by atoms with E-state index in [1.807, 2.05) is 6.07 Å². The molecule has 0 aliphatic rings. The lowest BCUT2D eigenvalue weighted by Gasteiger charge is -2.13. The molecule has 7 nitrogen and oxygen atoms in total. The van der Waals surface area contributed by atoms with Gasteiger partial charge in [0.25, 0.3) is 5.91 Å². The molecule has 0 unspecified atom stereocenters. The highest BCUT2D eigenvalue weighted by Crippen LogP contribution is 2.14. The third kappa shape index (κ3) is 4.54. The number of nitrogens with zero attached hydrogens (tertiary/aromatic N) is 2. The second kappa shape index (κ2) is 8.81. The molecule has 2 aromatic carbocycles. The summed E-state index contributed by atoms with van der Waals surface area (Å²) in [5.74, 6) is -1.45. The molecular weight excluding hydrogens is 411 g/mol. The number of halogens is 1. The Kier molecular flexibility index (Phi) is 5.76. The molecule has 0 spiro atoms. The van der Waals surface area contributed by atoms with E-state index in [1.165, 1.54) is 35.0 Å². The summed E-state index contributed by atoms with van der Waals surface area (Å²) in [6.45, 7) is 1.62. The highest BCUT2D eigenvalue weighted by molar-refractivity contribution is 6.05. The molecule has 8 heteroatoms. The van der Waals surface area contributed by atoms with Crippen molar-refractivity contribution in [1.29, 1.82) is 0 Å². The van der Waals surface area contributed by atoms with Gasteiger partial charge in [-0.2, -0.15) is 0 Å². The van der Waals surface area contributed by atoms with Crippen LogP contribution in [0.2, 0.25) is 0 Å². The van der Waals surface area contributed by atoms with E-state index in [0.717, 1.165) is 0 Å². The quantitative estimate of drug-likeness (QED) is 0.505. The topological polar surface area (TPSA) is 93.1 Å². The monoisotopic (exact) mass is 430 g/mol. The number of benzene rings is 2. The number of aromatic nitrogens is 2. The molecule has 0 saturated heterocycles. The van der Waals surface area contributed by atoms with Gasteiger partial charge in [0.1, 0.15) is 23.6 Å². The molecule has 0 aliphatic carbocycles. The van der Waals surface area contributed by atoms with Crippen LogP contribution in [0.4, 0.5) is 15.8 Å². The molecule has 2 heterocycles. The van der Waals surface area contributed by atoms with Gasteiger partial charge >= 0.3 is 0 Å². The fourth-order valence-corrected chi connectivity index (χ4v) is 3.25. The van der Waals surface area contributed by atoms with E-state index in [1.54, 1.807) is 43.3 Å². The molecule has 2 aromatic heterocycles. The normalized spacial score (nSPS) is 10.7. The number of anilines is 2. The lowest BCUT2D eigenvalue weighted by atomic mass is 10.1. The second-order valence-electron chi connectivity index (χ2n) is 7.20. The van der Waals surface area contributed by atoms with E-state index in [2.05, 4.69) is 15.6 Å². The van der Waals surface area contributed by atoms with Crippen LogP contribution in [0, 0.1) is 12.7 Å². The number of pyridine rings is 2. The Morgan fingerprint density at radius 1 is 0.938 bits per heavy atom. The maximum absolute atomic E-state index is 13.1. The zero-order valence-electron chi connectivity index (χ0n) is 17.1. The Labute approximate surface area is 182 Å². The first-order valence-electron chi connectivity index (χ1n) is 9.83. The smallest absolute Gasteiger partial charge is 0.261 e. The second-order valence-corrected chi connectivity index (χ2v) is 7.20. The molecule has 0 saturated carbocycles. The number of amides is 2. The van der Waals surface area contributed by atoms with Crippen LogP contribution in [-0.4, -0.2) is 21.4 Å². The summed E-state index contributed by atoms with van der Waals surface area (Å²) in [4.78, 5) is 42.8. The number of carbonyl (C=O) groups excluding carboxylic acids is 2. The van der Waals surface area contributed by atoms with Gasteiger partial charge in [0.2, 0.25) is 11.3 Å². The average molecular weight is 430 g/mol. The van der Waals surface area contributed by atoms with Gasteiger partial charge in [-0.05, 0) is 55.5 Å². The van der Waals surface area contributed by atoms with Crippen molar-refractivity contribution in [2.45, 2.75) is 13.5 Å². The predicted molar refractivity (Wildman–Crippen MR) is 120 cm³/mol. The summed E-state index contributed by atoms with van der Waals surface area (Å²) >= 11 is 0. The van der Waals surface area contributed by atoms with Crippen LogP contribution in [0.25, 0.3) is 11.0 Å². The van der Waals surface area contributed by atoms with Crippen molar-refractivity contribution < 1.29 is 14.0 Å². The number of aryl methyl sites for hydroxylation is 1. The third-order valence-corrected chi connectivity index (χ3v) is 4.78. The Hall–Kier alpha value is -4.33.